The van der Waals surface area contributed by atoms with Gasteiger partial charge in [0.1, 0.15) is 5.69 Å². The van der Waals surface area contributed by atoms with Crippen LogP contribution in [0.2, 0.25) is 0 Å². The highest BCUT2D eigenvalue weighted by Gasteiger charge is 2.39. The molecule has 1 aromatic heterocycles. The molecule has 3 unspecified atom stereocenters. The molecule has 92 valence electrons. The molecule has 5 heteroatoms. The van der Waals surface area contributed by atoms with Crippen molar-refractivity contribution < 1.29 is 0 Å². The van der Waals surface area contributed by atoms with Crippen molar-refractivity contribution in [1.82, 2.24) is 9.55 Å². The smallest absolute Gasteiger partial charge is 0.328 e. The first-order valence-electron chi connectivity index (χ1n) is 6.22. The Morgan fingerprint density at radius 3 is 2.82 bits per heavy atom. The molecule has 2 saturated carbocycles. The number of anilines is 1. The van der Waals surface area contributed by atoms with Gasteiger partial charge in [0.15, 0.2) is 0 Å². The van der Waals surface area contributed by atoms with Crippen LogP contribution in [-0.2, 0) is 6.54 Å². The minimum absolute atomic E-state index is 0.118. The van der Waals surface area contributed by atoms with Crippen LogP contribution in [0.1, 0.15) is 25.7 Å². The molecule has 0 saturated heterocycles. The molecule has 5 nitrogen and oxygen atoms in total. The molecule has 3 N–H and O–H groups in total. The molecule has 0 aromatic carbocycles. The molecule has 2 aliphatic rings. The summed E-state index contributed by atoms with van der Waals surface area (Å²) >= 11 is 0. The second-order valence-electron chi connectivity index (χ2n) is 5.43. The van der Waals surface area contributed by atoms with E-state index in [1.54, 1.807) is 4.57 Å². The second-order valence-corrected chi connectivity index (χ2v) is 5.43. The lowest BCUT2D eigenvalue weighted by molar-refractivity contribution is 0.291. The zero-order valence-electron chi connectivity index (χ0n) is 9.69. The number of H-pyrrole nitrogens is 1. The first-order chi connectivity index (χ1) is 8.13. The molecule has 0 amide bonds. The van der Waals surface area contributed by atoms with Crippen molar-refractivity contribution >= 4 is 5.69 Å². The predicted molar refractivity (Wildman–Crippen MR) is 64.7 cm³/mol. The summed E-state index contributed by atoms with van der Waals surface area (Å²) < 4.78 is 1.56. The Kier molecular flexibility index (Phi) is 2.34. The molecule has 0 radical (unpaired) electrons. The van der Waals surface area contributed by atoms with Gasteiger partial charge in [-0.15, -0.1) is 0 Å². The highest BCUT2D eigenvalue weighted by Crippen LogP contribution is 2.48. The van der Waals surface area contributed by atoms with Gasteiger partial charge in [0.25, 0.3) is 5.56 Å². The van der Waals surface area contributed by atoms with Crippen molar-refractivity contribution in [3.63, 3.8) is 0 Å². The predicted octanol–water partition coefficient (Wildman–Crippen LogP) is 0.555. The summed E-state index contributed by atoms with van der Waals surface area (Å²) in [5, 5.41) is 0. The summed E-state index contributed by atoms with van der Waals surface area (Å²) in [4.78, 5) is 25.1. The third-order valence-corrected chi connectivity index (χ3v) is 4.35. The molecule has 3 rings (SSSR count). The molecule has 1 heterocycles. The SMILES string of the molecule is Nc1cn(CC2CC3CCC2C3)c(=O)[nH]c1=O. The molecule has 2 bridgehead atoms. The highest BCUT2D eigenvalue weighted by atomic mass is 16.2. The number of fused-ring (bicyclic) bond motifs is 2. The average Bonchev–Trinajstić information content (AvgIpc) is 2.87. The lowest BCUT2D eigenvalue weighted by atomic mass is 9.89. The topological polar surface area (TPSA) is 80.9 Å². The maximum atomic E-state index is 11.6. The van der Waals surface area contributed by atoms with Crippen LogP contribution in [-0.4, -0.2) is 9.55 Å². The first kappa shape index (κ1) is 10.6. The van der Waals surface area contributed by atoms with Gasteiger partial charge >= 0.3 is 5.69 Å². The van der Waals surface area contributed by atoms with Gasteiger partial charge in [-0.2, -0.15) is 0 Å². The van der Waals surface area contributed by atoms with E-state index in [0.29, 0.717) is 12.5 Å². The van der Waals surface area contributed by atoms with Gasteiger partial charge in [0.2, 0.25) is 0 Å². The van der Waals surface area contributed by atoms with E-state index in [-0.39, 0.29) is 11.4 Å². The summed E-state index contributed by atoms with van der Waals surface area (Å²) in [6, 6.07) is 0. The largest absolute Gasteiger partial charge is 0.393 e. The number of aromatic nitrogens is 2. The number of rotatable bonds is 2. The number of hydrogen-bond acceptors (Lipinski definition) is 3. The van der Waals surface area contributed by atoms with E-state index >= 15 is 0 Å². The minimum Gasteiger partial charge on any atom is -0.393 e. The third-order valence-electron chi connectivity index (χ3n) is 4.35. The molecule has 3 atom stereocenters. The number of aromatic amines is 1. The van der Waals surface area contributed by atoms with Gasteiger partial charge in [0, 0.05) is 12.7 Å². The maximum Gasteiger partial charge on any atom is 0.328 e. The van der Waals surface area contributed by atoms with Crippen LogP contribution in [0.15, 0.2) is 15.8 Å². The Hall–Kier alpha value is -1.52. The Morgan fingerprint density at radius 1 is 1.35 bits per heavy atom. The van der Waals surface area contributed by atoms with Gasteiger partial charge in [-0.3, -0.25) is 14.3 Å². The van der Waals surface area contributed by atoms with Crippen molar-refractivity contribution in [2.24, 2.45) is 17.8 Å². The highest BCUT2D eigenvalue weighted by molar-refractivity contribution is 5.30. The number of hydrogen-bond donors (Lipinski definition) is 2. The van der Waals surface area contributed by atoms with E-state index in [4.69, 9.17) is 5.73 Å². The van der Waals surface area contributed by atoms with Gasteiger partial charge in [-0.25, -0.2) is 4.79 Å². The molecule has 2 fully saturated rings. The Bertz CT molecular complexity index is 545. The van der Waals surface area contributed by atoms with Crippen LogP contribution in [0, 0.1) is 17.8 Å². The van der Waals surface area contributed by atoms with Crippen LogP contribution < -0.4 is 17.0 Å². The van der Waals surface area contributed by atoms with Crippen molar-refractivity contribution in [2.75, 3.05) is 5.73 Å². The van der Waals surface area contributed by atoms with E-state index in [0.717, 1.165) is 11.8 Å². The van der Waals surface area contributed by atoms with Crippen molar-refractivity contribution in [2.45, 2.75) is 32.2 Å². The molecule has 17 heavy (non-hydrogen) atoms. The van der Waals surface area contributed by atoms with E-state index < -0.39 is 5.56 Å². The third kappa shape index (κ3) is 1.79. The van der Waals surface area contributed by atoms with Crippen LogP contribution in [0.4, 0.5) is 5.69 Å². The second kappa shape index (κ2) is 3.75. The summed E-state index contributed by atoms with van der Waals surface area (Å²) in [6.45, 7) is 0.695. The average molecular weight is 235 g/mol. The molecule has 1 aromatic rings. The first-order valence-corrected chi connectivity index (χ1v) is 6.22. The van der Waals surface area contributed by atoms with Gasteiger partial charge in [0.05, 0.1) is 0 Å². The fourth-order valence-electron chi connectivity index (χ4n) is 3.51. The zero-order chi connectivity index (χ0) is 12.0. The molecule has 0 aliphatic heterocycles. The summed E-state index contributed by atoms with van der Waals surface area (Å²) in [7, 11) is 0. The Balaban J connectivity index is 1.84. The van der Waals surface area contributed by atoms with Crippen LogP contribution in [0.25, 0.3) is 0 Å². The Labute approximate surface area is 98.7 Å². The fourth-order valence-corrected chi connectivity index (χ4v) is 3.51. The van der Waals surface area contributed by atoms with Crippen molar-refractivity contribution in [1.29, 1.82) is 0 Å². The van der Waals surface area contributed by atoms with Crippen molar-refractivity contribution in [3.8, 4) is 0 Å². The van der Waals surface area contributed by atoms with E-state index in [9.17, 15) is 9.59 Å². The molecule has 2 aliphatic carbocycles. The summed E-state index contributed by atoms with van der Waals surface area (Å²) in [5.74, 6) is 2.21. The summed E-state index contributed by atoms with van der Waals surface area (Å²) in [5.41, 5.74) is 4.83. The minimum atomic E-state index is -0.487. The van der Waals surface area contributed by atoms with E-state index in [1.165, 1.54) is 31.9 Å². The quantitative estimate of drug-likeness (QED) is 0.785. The monoisotopic (exact) mass is 235 g/mol. The Morgan fingerprint density at radius 2 is 2.18 bits per heavy atom. The van der Waals surface area contributed by atoms with E-state index in [1.807, 2.05) is 0 Å². The molecular weight excluding hydrogens is 218 g/mol. The van der Waals surface area contributed by atoms with E-state index in [2.05, 4.69) is 4.98 Å². The standard InChI is InChI=1S/C12H17N3O2/c13-10-6-15(12(17)14-11(10)16)5-9-4-7-1-2-8(9)3-7/h6-9H,1-5,13H2,(H,14,16,17). The lowest BCUT2D eigenvalue weighted by Gasteiger charge is -2.22. The van der Waals surface area contributed by atoms with Gasteiger partial charge in [-0.05, 0) is 37.0 Å². The normalized spacial score (nSPS) is 30.9. The zero-order valence-corrected chi connectivity index (χ0v) is 9.69. The van der Waals surface area contributed by atoms with Crippen LogP contribution in [0.3, 0.4) is 0 Å². The number of nitrogens with two attached hydrogens (primary N) is 1. The molecule has 0 spiro atoms. The van der Waals surface area contributed by atoms with Gasteiger partial charge < -0.3 is 5.73 Å². The van der Waals surface area contributed by atoms with Crippen LogP contribution in [0.5, 0.6) is 0 Å². The van der Waals surface area contributed by atoms with Crippen LogP contribution >= 0.6 is 0 Å². The molecular formula is C12H17N3O2. The number of nitrogen functional groups attached to an aromatic ring is 1. The lowest BCUT2D eigenvalue weighted by Crippen LogP contribution is -2.33. The summed E-state index contributed by atoms with van der Waals surface area (Å²) in [6.07, 6.45) is 6.66. The fraction of sp³-hybridized carbons (Fsp3) is 0.667. The van der Waals surface area contributed by atoms with Crippen molar-refractivity contribution in [3.05, 3.63) is 27.0 Å². The number of nitrogens with zero attached hydrogens (tertiary/aromatic N) is 1. The van der Waals surface area contributed by atoms with Gasteiger partial charge in [-0.1, -0.05) is 6.42 Å². The number of nitrogens with one attached hydrogen (secondary N) is 1. The maximum absolute atomic E-state index is 11.6.